The minimum absolute atomic E-state index is 0.397. The SMILES string of the molecule is Cn1[nH]c(=O)c(=O)nc1SCC(O)CN1CCNCC1. The van der Waals surface area contributed by atoms with Crippen molar-refractivity contribution >= 4 is 11.8 Å². The van der Waals surface area contributed by atoms with E-state index in [1.807, 2.05) is 0 Å². The van der Waals surface area contributed by atoms with Crippen molar-refractivity contribution in [1.29, 1.82) is 0 Å². The molecule has 0 aromatic carbocycles. The zero-order valence-corrected chi connectivity index (χ0v) is 12.2. The molecule has 0 spiro atoms. The Labute approximate surface area is 120 Å². The van der Waals surface area contributed by atoms with Gasteiger partial charge in [0.15, 0.2) is 5.16 Å². The highest BCUT2D eigenvalue weighted by atomic mass is 32.2. The molecule has 1 aliphatic heterocycles. The van der Waals surface area contributed by atoms with Crippen LogP contribution >= 0.6 is 11.8 Å². The summed E-state index contributed by atoms with van der Waals surface area (Å²) in [6.07, 6.45) is -0.498. The van der Waals surface area contributed by atoms with Gasteiger partial charge in [0.1, 0.15) is 0 Å². The van der Waals surface area contributed by atoms with Crippen LogP contribution in [0.5, 0.6) is 0 Å². The molecule has 3 N–H and O–H groups in total. The van der Waals surface area contributed by atoms with Gasteiger partial charge in [0.2, 0.25) is 0 Å². The summed E-state index contributed by atoms with van der Waals surface area (Å²) in [6.45, 7) is 4.34. The van der Waals surface area contributed by atoms with Crippen molar-refractivity contribution in [1.82, 2.24) is 25.0 Å². The third kappa shape index (κ3) is 4.17. The number of nitrogens with one attached hydrogen (secondary N) is 2. The van der Waals surface area contributed by atoms with Crippen LogP contribution in [0.15, 0.2) is 14.7 Å². The van der Waals surface area contributed by atoms with Crippen LogP contribution in [0, 0.1) is 0 Å². The third-order valence-corrected chi connectivity index (χ3v) is 4.21. The maximum atomic E-state index is 11.2. The van der Waals surface area contributed by atoms with E-state index >= 15 is 0 Å². The van der Waals surface area contributed by atoms with E-state index in [2.05, 4.69) is 20.3 Å². The van der Waals surface area contributed by atoms with Gasteiger partial charge >= 0.3 is 11.1 Å². The molecule has 8 nitrogen and oxygen atoms in total. The quantitative estimate of drug-likeness (QED) is 0.420. The van der Waals surface area contributed by atoms with Gasteiger partial charge < -0.3 is 10.4 Å². The van der Waals surface area contributed by atoms with Crippen molar-refractivity contribution in [3.8, 4) is 0 Å². The Bertz CT molecular complexity index is 552. The summed E-state index contributed by atoms with van der Waals surface area (Å²) in [7, 11) is 1.61. The average Bonchev–Trinajstić information content (AvgIpc) is 2.42. The fraction of sp³-hybridized carbons (Fsp3) is 0.727. The largest absolute Gasteiger partial charge is 0.391 e. The van der Waals surface area contributed by atoms with Crippen LogP contribution < -0.4 is 16.4 Å². The Morgan fingerprint density at radius 1 is 1.40 bits per heavy atom. The van der Waals surface area contributed by atoms with E-state index < -0.39 is 17.2 Å². The molecule has 2 rings (SSSR count). The van der Waals surface area contributed by atoms with Gasteiger partial charge in [-0.25, -0.2) is 0 Å². The lowest BCUT2D eigenvalue weighted by atomic mass is 10.3. The molecule has 1 atom stereocenters. The first-order valence-corrected chi connectivity index (χ1v) is 7.46. The lowest BCUT2D eigenvalue weighted by Gasteiger charge is -2.28. The van der Waals surface area contributed by atoms with Crippen LogP contribution in [-0.2, 0) is 7.05 Å². The number of hydrogen-bond donors (Lipinski definition) is 3. The van der Waals surface area contributed by atoms with Crippen molar-refractivity contribution in [2.45, 2.75) is 11.3 Å². The van der Waals surface area contributed by atoms with Crippen LogP contribution in [0.1, 0.15) is 0 Å². The standard InChI is InChI=1S/C11H19N5O3S/c1-15-11(13-9(18)10(19)14-15)20-7-8(17)6-16-4-2-12-3-5-16/h8,12,17H,2-7H2,1H3,(H,14,19). The summed E-state index contributed by atoms with van der Waals surface area (Å²) < 4.78 is 1.39. The van der Waals surface area contributed by atoms with Crippen LogP contribution in [0.25, 0.3) is 0 Å². The zero-order valence-electron chi connectivity index (χ0n) is 11.3. The van der Waals surface area contributed by atoms with E-state index in [0.29, 0.717) is 17.5 Å². The number of aliphatic hydroxyl groups excluding tert-OH is 1. The van der Waals surface area contributed by atoms with Crippen molar-refractivity contribution in [3.63, 3.8) is 0 Å². The Morgan fingerprint density at radius 2 is 2.10 bits per heavy atom. The molecule has 0 amide bonds. The second-order valence-electron chi connectivity index (χ2n) is 4.71. The predicted octanol–water partition coefficient (Wildman–Crippen LogP) is -2.17. The molecular weight excluding hydrogens is 282 g/mol. The smallest absolute Gasteiger partial charge is 0.339 e. The number of aromatic amines is 1. The summed E-state index contributed by atoms with van der Waals surface area (Å²) in [5.74, 6) is 0.427. The molecule has 1 fully saturated rings. The first-order chi connectivity index (χ1) is 9.56. The monoisotopic (exact) mass is 301 g/mol. The van der Waals surface area contributed by atoms with E-state index in [1.54, 1.807) is 7.05 Å². The number of β-amino-alcohol motifs (C(OH)–C–C–N with tert-alkyl or cyclic N) is 1. The molecule has 1 aromatic rings. The predicted molar refractivity (Wildman–Crippen MR) is 76.1 cm³/mol. The Balaban J connectivity index is 1.86. The zero-order chi connectivity index (χ0) is 14.5. The molecule has 1 unspecified atom stereocenters. The topological polar surface area (TPSA) is 103 Å². The van der Waals surface area contributed by atoms with Crippen LogP contribution in [0.3, 0.4) is 0 Å². The van der Waals surface area contributed by atoms with Gasteiger partial charge in [-0.1, -0.05) is 11.8 Å². The lowest BCUT2D eigenvalue weighted by Crippen LogP contribution is -2.46. The van der Waals surface area contributed by atoms with Gasteiger partial charge in [-0.15, -0.1) is 0 Å². The maximum absolute atomic E-state index is 11.2. The molecule has 112 valence electrons. The maximum Gasteiger partial charge on any atom is 0.339 e. The van der Waals surface area contributed by atoms with Gasteiger partial charge in [-0.2, -0.15) is 4.98 Å². The fourth-order valence-corrected chi connectivity index (χ4v) is 2.84. The summed E-state index contributed by atoms with van der Waals surface area (Å²) in [6, 6.07) is 0. The van der Waals surface area contributed by atoms with Crippen molar-refractivity contribution in [3.05, 3.63) is 20.7 Å². The molecule has 1 aromatic heterocycles. The molecular formula is C11H19N5O3S. The highest BCUT2D eigenvalue weighted by molar-refractivity contribution is 7.99. The van der Waals surface area contributed by atoms with Gasteiger partial charge in [0.25, 0.3) is 0 Å². The molecule has 0 bridgehead atoms. The molecule has 0 aliphatic carbocycles. The average molecular weight is 301 g/mol. The van der Waals surface area contributed by atoms with Gasteiger partial charge in [0, 0.05) is 45.5 Å². The summed E-state index contributed by atoms with van der Waals surface area (Å²) in [5, 5.41) is 16.0. The van der Waals surface area contributed by atoms with Crippen LogP contribution in [0.2, 0.25) is 0 Å². The Morgan fingerprint density at radius 3 is 2.80 bits per heavy atom. The van der Waals surface area contributed by atoms with Crippen LogP contribution in [-0.4, -0.2) is 69.4 Å². The second-order valence-corrected chi connectivity index (χ2v) is 5.70. The molecule has 0 saturated carbocycles. The molecule has 20 heavy (non-hydrogen) atoms. The number of aliphatic hydroxyl groups is 1. The minimum Gasteiger partial charge on any atom is -0.391 e. The van der Waals surface area contributed by atoms with Crippen molar-refractivity contribution < 1.29 is 5.11 Å². The summed E-state index contributed by atoms with van der Waals surface area (Å²) in [4.78, 5) is 28.1. The van der Waals surface area contributed by atoms with E-state index in [-0.39, 0.29) is 0 Å². The van der Waals surface area contributed by atoms with Gasteiger partial charge in [-0.05, 0) is 0 Å². The first-order valence-electron chi connectivity index (χ1n) is 6.47. The van der Waals surface area contributed by atoms with Crippen molar-refractivity contribution in [2.75, 3.05) is 38.5 Å². The van der Waals surface area contributed by atoms with Crippen LogP contribution in [0.4, 0.5) is 0 Å². The molecule has 1 aliphatic rings. The second kappa shape index (κ2) is 7.02. The number of thioether (sulfide) groups is 1. The lowest BCUT2D eigenvalue weighted by molar-refractivity contribution is 0.121. The number of hydrogen-bond acceptors (Lipinski definition) is 7. The third-order valence-electron chi connectivity index (χ3n) is 3.03. The Kier molecular flexibility index (Phi) is 5.35. The molecule has 9 heteroatoms. The van der Waals surface area contributed by atoms with Gasteiger partial charge in [-0.3, -0.25) is 24.3 Å². The fourth-order valence-electron chi connectivity index (χ4n) is 2.00. The highest BCUT2D eigenvalue weighted by Gasteiger charge is 2.15. The minimum atomic E-state index is -0.804. The number of nitrogens with zero attached hydrogens (tertiary/aromatic N) is 3. The summed E-state index contributed by atoms with van der Waals surface area (Å²) in [5.41, 5.74) is -1.54. The number of aryl methyl sites for hydroxylation is 1. The van der Waals surface area contributed by atoms with E-state index in [4.69, 9.17) is 0 Å². The molecule has 1 saturated heterocycles. The number of aromatic nitrogens is 3. The number of H-pyrrole nitrogens is 1. The van der Waals surface area contributed by atoms with E-state index in [0.717, 1.165) is 26.2 Å². The normalized spacial score (nSPS) is 18.1. The first kappa shape index (κ1) is 15.2. The molecule has 0 radical (unpaired) electrons. The highest BCUT2D eigenvalue weighted by Crippen LogP contribution is 2.13. The number of piperazine rings is 1. The molecule has 2 heterocycles. The van der Waals surface area contributed by atoms with Crippen molar-refractivity contribution in [2.24, 2.45) is 7.05 Å². The van der Waals surface area contributed by atoms with E-state index in [1.165, 1.54) is 16.4 Å². The van der Waals surface area contributed by atoms with Gasteiger partial charge in [0.05, 0.1) is 6.10 Å². The Hall–Kier alpha value is -1.16. The number of rotatable bonds is 5. The van der Waals surface area contributed by atoms with E-state index in [9.17, 15) is 14.7 Å². The summed E-state index contributed by atoms with van der Waals surface area (Å²) >= 11 is 1.26.